The Labute approximate surface area is 261 Å². The molecule has 240 valence electrons. The molecule has 2 fully saturated rings. The Morgan fingerprint density at radius 3 is 2.00 bits per heavy atom. The van der Waals surface area contributed by atoms with Crippen molar-refractivity contribution in [2.24, 2.45) is 10.6 Å². The number of fused-ring (bicyclic) bond motifs is 3. The van der Waals surface area contributed by atoms with Crippen LogP contribution >= 0.6 is 0 Å². The van der Waals surface area contributed by atoms with Gasteiger partial charge in [-0.25, -0.2) is 25.6 Å². The molecule has 1 saturated heterocycles. The topological polar surface area (TPSA) is 128 Å². The highest BCUT2D eigenvalue weighted by Gasteiger charge is 2.37. The maximum absolute atomic E-state index is 14.8. The lowest BCUT2D eigenvalue weighted by Gasteiger charge is -2.35. The molecule has 0 bridgehead atoms. The third-order valence-electron chi connectivity index (χ3n) is 9.48. The lowest BCUT2D eigenvalue weighted by Crippen LogP contribution is -2.49. The Morgan fingerprint density at radius 1 is 0.844 bits per heavy atom. The van der Waals surface area contributed by atoms with Crippen molar-refractivity contribution >= 4 is 31.3 Å². The summed E-state index contributed by atoms with van der Waals surface area (Å²) in [5, 5.41) is 22.3. The van der Waals surface area contributed by atoms with E-state index in [1.54, 1.807) is 23.1 Å². The van der Waals surface area contributed by atoms with Crippen LogP contribution in [0.1, 0.15) is 56.2 Å². The van der Waals surface area contributed by atoms with Crippen molar-refractivity contribution < 1.29 is 35.9 Å². The number of aliphatic hydroxyl groups is 1. The van der Waals surface area contributed by atoms with Crippen molar-refractivity contribution in [1.82, 2.24) is 4.31 Å². The van der Waals surface area contributed by atoms with E-state index < -0.39 is 48.9 Å². The highest BCUT2D eigenvalue weighted by atomic mass is 32.2. The van der Waals surface area contributed by atoms with Crippen LogP contribution in [0.15, 0.2) is 63.5 Å². The molecule has 2 N–H and O–H groups in total. The lowest BCUT2D eigenvalue weighted by atomic mass is 9.77. The first kappa shape index (κ1) is 31.6. The van der Waals surface area contributed by atoms with E-state index in [0.717, 1.165) is 18.9 Å². The van der Waals surface area contributed by atoms with Gasteiger partial charge in [0.2, 0.25) is 10.0 Å². The summed E-state index contributed by atoms with van der Waals surface area (Å²) in [6, 6.07) is 11.6. The minimum atomic E-state index is -4.01. The largest absolute Gasteiger partial charge is 0.410 e. The average Bonchev–Trinajstić information content (AvgIpc) is 3.33. The van der Waals surface area contributed by atoms with E-state index >= 15 is 0 Å². The van der Waals surface area contributed by atoms with Gasteiger partial charge >= 0.3 is 0 Å². The van der Waals surface area contributed by atoms with Gasteiger partial charge in [-0.2, -0.15) is 4.31 Å². The smallest absolute Gasteiger partial charge is 0.243 e. The highest BCUT2D eigenvalue weighted by Crippen LogP contribution is 2.42. The number of hydrogen-bond acceptors (Lipinski definition) is 8. The fourth-order valence-electron chi connectivity index (χ4n) is 6.67. The summed E-state index contributed by atoms with van der Waals surface area (Å²) < 4.78 is 84.4. The molecule has 0 aromatic heterocycles. The van der Waals surface area contributed by atoms with Gasteiger partial charge in [0.25, 0.3) is 0 Å². The molecule has 0 unspecified atom stereocenters. The van der Waals surface area contributed by atoms with Gasteiger partial charge in [-0.05, 0) is 78.6 Å². The number of aliphatic hydroxyl groups excluding tert-OH is 1. The number of oxime groups is 1. The maximum Gasteiger partial charge on any atom is 0.243 e. The van der Waals surface area contributed by atoms with E-state index in [4.69, 9.17) is 0 Å². The maximum atomic E-state index is 14.8. The quantitative estimate of drug-likeness (QED) is 0.222. The summed E-state index contributed by atoms with van der Waals surface area (Å²) >= 11 is 0. The molecule has 45 heavy (non-hydrogen) atoms. The van der Waals surface area contributed by atoms with Crippen LogP contribution in [-0.4, -0.2) is 68.6 Å². The number of sulfonamides is 1. The van der Waals surface area contributed by atoms with Gasteiger partial charge in [0, 0.05) is 37.3 Å². The summed E-state index contributed by atoms with van der Waals surface area (Å²) in [5.74, 6) is -1.72. The second-order valence-corrected chi connectivity index (χ2v) is 16.8. The number of nitrogens with zero attached hydrogens (tertiary/aromatic N) is 3. The Kier molecular flexibility index (Phi) is 8.03. The molecule has 2 aliphatic carbocycles. The zero-order valence-electron chi connectivity index (χ0n) is 25.0. The van der Waals surface area contributed by atoms with Crippen LogP contribution in [0.2, 0.25) is 0 Å². The standard InChI is InChI=1S/C32H35F2N3O6S2/c1-32(2)11-9-20(10-12-32)44(40,41)21-3-5-23-24-6-4-22(18-26(24)31(35-39)25(23)17-21)45(42,43)37-15-13-36(14-16-37)29-8-7-28(33)27(19-38)30(29)34/h3-8,17-18,20,38-39H,9-16,19H2,1-2H3/b35-31+. The molecular weight excluding hydrogens is 624 g/mol. The highest BCUT2D eigenvalue weighted by molar-refractivity contribution is 7.92. The van der Waals surface area contributed by atoms with Gasteiger partial charge in [-0.15, -0.1) is 0 Å². The number of anilines is 1. The van der Waals surface area contributed by atoms with Crippen molar-refractivity contribution in [3.05, 3.63) is 76.9 Å². The van der Waals surface area contributed by atoms with E-state index in [9.17, 15) is 35.9 Å². The van der Waals surface area contributed by atoms with Crippen LogP contribution in [0.25, 0.3) is 11.1 Å². The zero-order valence-corrected chi connectivity index (χ0v) is 26.6. The summed E-state index contributed by atoms with van der Waals surface area (Å²) in [6.45, 7) is 3.84. The average molecular weight is 660 g/mol. The summed E-state index contributed by atoms with van der Waals surface area (Å²) in [5.41, 5.74) is 1.90. The Bertz CT molecular complexity index is 1910. The van der Waals surface area contributed by atoms with Crippen molar-refractivity contribution in [3.8, 4) is 11.1 Å². The second kappa shape index (κ2) is 11.4. The lowest BCUT2D eigenvalue weighted by molar-refractivity contribution is 0.246. The van der Waals surface area contributed by atoms with Gasteiger partial charge in [0.05, 0.1) is 32.9 Å². The number of rotatable bonds is 6. The Morgan fingerprint density at radius 2 is 1.42 bits per heavy atom. The van der Waals surface area contributed by atoms with E-state index in [-0.39, 0.29) is 52.8 Å². The fourth-order valence-corrected chi connectivity index (χ4v) is 9.90. The van der Waals surface area contributed by atoms with E-state index in [1.165, 1.54) is 28.6 Å². The molecule has 1 heterocycles. The molecule has 0 amide bonds. The van der Waals surface area contributed by atoms with E-state index in [0.29, 0.717) is 35.1 Å². The number of piperazine rings is 1. The normalized spacial score (nSPS) is 19.9. The minimum Gasteiger partial charge on any atom is -0.410 e. The molecule has 6 rings (SSSR count). The predicted molar refractivity (Wildman–Crippen MR) is 166 cm³/mol. The molecule has 3 aliphatic rings. The first-order chi connectivity index (χ1) is 21.3. The van der Waals surface area contributed by atoms with Crippen LogP contribution in [-0.2, 0) is 26.5 Å². The van der Waals surface area contributed by atoms with Gasteiger partial charge in [0.15, 0.2) is 15.7 Å². The van der Waals surface area contributed by atoms with Gasteiger partial charge in [0.1, 0.15) is 11.5 Å². The number of benzene rings is 3. The Balaban J connectivity index is 1.23. The molecule has 0 atom stereocenters. The monoisotopic (exact) mass is 659 g/mol. The number of halogens is 2. The first-order valence-electron chi connectivity index (χ1n) is 14.9. The van der Waals surface area contributed by atoms with Gasteiger partial charge in [-0.3, -0.25) is 0 Å². The third-order valence-corrected chi connectivity index (χ3v) is 13.6. The molecule has 0 spiro atoms. The molecule has 1 aliphatic heterocycles. The van der Waals surface area contributed by atoms with E-state index in [2.05, 4.69) is 19.0 Å². The van der Waals surface area contributed by atoms with Crippen molar-refractivity contribution in [2.45, 2.75) is 61.2 Å². The molecule has 1 saturated carbocycles. The van der Waals surface area contributed by atoms with Crippen LogP contribution in [0.4, 0.5) is 14.5 Å². The van der Waals surface area contributed by atoms with Gasteiger partial charge < -0.3 is 15.2 Å². The second-order valence-electron chi connectivity index (χ2n) is 12.7. The predicted octanol–water partition coefficient (Wildman–Crippen LogP) is 4.92. The third kappa shape index (κ3) is 5.43. The van der Waals surface area contributed by atoms with Crippen LogP contribution < -0.4 is 4.90 Å². The van der Waals surface area contributed by atoms with E-state index in [1.807, 2.05) is 0 Å². The van der Waals surface area contributed by atoms with Crippen LogP contribution in [0.5, 0.6) is 0 Å². The van der Waals surface area contributed by atoms with Crippen LogP contribution in [0, 0.1) is 17.0 Å². The summed E-state index contributed by atoms with van der Waals surface area (Å²) in [4.78, 5) is 1.72. The summed E-state index contributed by atoms with van der Waals surface area (Å²) in [6.07, 6.45) is 2.78. The number of sulfone groups is 1. The SMILES string of the molecule is CC1(C)CCC(S(=O)(=O)c2ccc3c(c2)/C(=N\O)c2cc(S(=O)(=O)N4CCN(c5ccc(F)c(CO)c5F)CC4)ccc2-3)CC1. The molecule has 3 aromatic carbocycles. The van der Waals surface area contributed by atoms with Crippen LogP contribution in [0.3, 0.4) is 0 Å². The van der Waals surface area contributed by atoms with Crippen molar-refractivity contribution in [3.63, 3.8) is 0 Å². The van der Waals surface area contributed by atoms with Gasteiger partial charge in [-0.1, -0.05) is 31.1 Å². The van der Waals surface area contributed by atoms with Crippen molar-refractivity contribution in [1.29, 1.82) is 0 Å². The van der Waals surface area contributed by atoms with Crippen molar-refractivity contribution in [2.75, 3.05) is 31.1 Å². The molecule has 13 heteroatoms. The number of hydrogen-bond donors (Lipinski definition) is 2. The zero-order chi connectivity index (χ0) is 32.3. The summed E-state index contributed by atoms with van der Waals surface area (Å²) in [7, 11) is -7.64. The first-order valence-corrected chi connectivity index (χ1v) is 17.8. The molecule has 3 aromatic rings. The Hall–Kier alpha value is -3.39. The molecule has 0 radical (unpaired) electrons. The molecule has 9 nitrogen and oxygen atoms in total. The minimum absolute atomic E-state index is 0.0307. The fraction of sp³-hybridized carbons (Fsp3) is 0.406. The molecular formula is C32H35F2N3O6S2.